The van der Waals surface area contributed by atoms with Crippen molar-refractivity contribution in [2.24, 2.45) is 17.4 Å². The maximum atomic E-state index is 13.3. The standard InChI is InChI=1S/C30H33F3N4O4S/c31-30(32,33)23-9-5-10-24(16-23)42(40,41)37-27(20-6-2-1-3-7-20)17-28(38)36-26-11-4-8-21-14-19(12-13-25(21)26)15-22(18-34)29(35)39/h1-3,5-7,9-10,12-14,16,22,26-27,37H,4,8,11,15,17-18,34H2,(H2,35,39)(H,36,38)/t22?,26-,27-/m1/s1. The number of nitrogens with two attached hydrogens (primary N) is 2. The first kappa shape index (κ1) is 31.2. The van der Waals surface area contributed by atoms with E-state index in [1.54, 1.807) is 30.3 Å². The van der Waals surface area contributed by atoms with Gasteiger partial charge in [-0.25, -0.2) is 13.1 Å². The number of nitrogens with one attached hydrogen (secondary N) is 2. The predicted octanol–water partition coefficient (Wildman–Crippen LogP) is 3.91. The molecule has 224 valence electrons. The summed E-state index contributed by atoms with van der Waals surface area (Å²) in [7, 11) is -4.41. The molecule has 0 saturated carbocycles. The molecule has 0 radical (unpaired) electrons. The van der Waals surface area contributed by atoms with Crippen LogP contribution in [0.25, 0.3) is 0 Å². The molecule has 0 fully saturated rings. The molecule has 1 aliphatic carbocycles. The van der Waals surface area contributed by atoms with Crippen LogP contribution in [0.4, 0.5) is 13.2 Å². The van der Waals surface area contributed by atoms with E-state index in [1.165, 1.54) is 0 Å². The molecule has 0 saturated heterocycles. The van der Waals surface area contributed by atoms with Gasteiger partial charge >= 0.3 is 6.18 Å². The lowest BCUT2D eigenvalue weighted by atomic mass is 9.85. The third-order valence-electron chi connectivity index (χ3n) is 7.39. The number of amides is 2. The van der Waals surface area contributed by atoms with Crippen molar-refractivity contribution in [2.45, 2.75) is 55.3 Å². The van der Waals surface area contributed by atoms with Crippen LogP contribution in [-0.2, 0) is 38.6 Å². The Labute approximate surface area is 242 Å². The largest absolute Gasteiger partial charge is 0.416 e. The van der Waals surface area contributed by atoms with E-state index in [9.17, 15) is 31.2 Å². The summed E-state index contributed by atoms with van der Waals surface area (Å²) in [5.41, 5.74) is 13.4. The summed E-state index contributed by atoms with van der Waals surface area (Å²) in [6.07, 6.45) is -2.29. The van der Waals surface area contributed by atoms with Crippen LogP contribution in [-0.4, -0.2) is 26.8 Å². The highest BCUT2D eigenvalue weighted by Crippen LogP contribution is 2.33. The molecule has 6 N–H and O–H groups in total. The van der Waals surface area contributed by atoms with Gasteiger partial charge in [0, 0.05) is 13.0 Å². The highest BCUT2D eigenvalue weighted by molar-refractivity contribution is 7.89. The molecule has 12 heteroatoms. The molecule has 0 bridgehead atoms. The van der Waals surface area contributed by atoms with E-state index in [0.717, 1.165) is 47.7 Å². The third kappa shape index (κ3) is 7.75. The number of hydrogen-bond donors (Lipinski definition) is 4. The van der Waals surface area contributed by atoms with Gasteiger partial charge in [0.2, 0.25) is 21.8 Å². The number of fused-ring (bicyclic) bond motifs is 1. The van der Waals surface area contributed by atoms with Crippen LogP contribution in [0.5, 0.6) is 0 Å². The number of hydrogen-bond acceptors (Lipinski definition) is 5. The highest BCUT2D eigenvalue weighted by atomic mass is 32.2. The summed E-state index contributed by atoms with van der Waals surface area (Å²) in [4.78, 5) is 24.3. The van der Waals surface area contributed by atoms with E-state index in [2.05, 4.69) is 10.0 Å². The number of primary amides is 1. The molecule has 3 atom stereocenters. The van der Waals surface area contributed by atoms with Crippen LogP contribution in [0.3, 0.4) is 0 Å². The average Bonchev–Trinajstić information content (AvgIpc) is 2.95. The summed E-state index contributed by atoms with van der Waals surface area (Å²) in [5, 5.41) is 3.00. The van der Waals surface area contributed by atoms with E-state index in [0.29, 0.717) is 24.5 Å². The van der Waals surface area contributed by atoms with Gasteiger partial charge in [-0.05, 0) is 66.1 Å². The van der Waals surface area contributed by atoms with E-state index in [4.69, 9.17) is 11.5 Å². The Morgan fingerprint density at radius 3 is 2.40 bits per heavy atom. The minimum Gasteiger partial charge on any atom is -0.369 e. The van der Waals surface area contributed by atoms with Crippen molar-refractivity contribution in [3.63, 3.8) is 0 Å². The summed E-state index contributed by atoms with van der Waals surface area (Å²) >= 11 is 0. The number of rotatable bonds is 11. The van der Waals surface area contributed by atoms with Gasteiger partial charge in [-0.3, -0.25) is 9.59 Å². The van der Waals surface area contributed by atoms with Crippen molar-refractivity contribution in [3.05, 3.63) is 101 Å². The van der Waals surface area contributed by atoms with E-state index in [1.807, 2.05) is 18.2 Å². The number of alkyl halides is 3. The first-order chi connectivity index (χ1) is 19.9. The van der Waals surface area contributed by atoms with Crippen molar-refractivity contribution >= 4 is 21.8 Å². The Balaban J connectivity index is 1.52. The number of sulfonamides is 1. The van der Waals surface area contributed by atoms with Gasteiger partial charge in [0.05, 0.1) is 28.5 Å². The minimum atomic E-state index is -4.71. The number of aryl methyl sites for hydroxylation is 1. The van der Waals surface area contributed by atoms with Gasteiger partial charge in [-0.1, -0.05) is 54.6 Å². The molecule has 0 aliphatic heterocycles. The van der Waals surface area contributed by atoms with Gasteiger partial charge in [0.15, 0.2) is 0 Å². The number of benzene rings is 3. The van der Waals surface area contributed by atoms with Crippen LogP contribution in [0.2, 0.25) is 0 Å². The smallest absolute Gasteiger partial charge is 0.369 e. The van der Waals surface area contributed by atoms with Crippen LogP contribution in [0.1, 0.15) is 59.2 Å². The zero-order chi connectivity index (χ0) is 30.5. The lowest BCUT2D eigenvalue weighted by molar-refractivity contribution is -0.137. The van der Waals surface area contributed by atoms with Gasteiger partial charge in [0.25, 0.3) is 0 Å². The Kier molecular flexibility index (Phi) is 9.70. The molecular formula is C30H33F3N4O4S. The Bertz CT molecular complexity index is 1530. The Hall–Kier alpha value is -3.74. The molecule has 1 aliphatic rings. The second-order valence-corrected chi connectivity index (χ2v) is 12.1. The highest BCUT2D eigenvalue weighted by Gasteiger charge is 2.33. The van der Waals surface area contributed by atoms with Crippen molar-refractivity contribution in [1.82, 2.24) is 10.0 Å². The monoisotopic (exact) mass is 602 g/mol. The molecule has 2 amide bonds. The first-order valence-electron chi connectivity index (χ1n) is 13.5. The van der Waals surface area contributed by atoms with Crippen LogP contribution < -0.4 is 21.5 Å². The van der Waals surface area contributed by atoms with Crippen LogP contribution in [0.15, 0.2) is 77.7 Å². The van der Waals surface area contributed by atoms with E-state index >= 15 is 0 Å². The van der Waals surface area contributed by atoms with Crippen molar-refractivity contribution in [2.75, 3.05) is 6.54 Å². The summed E-state index contributed by atoms with van der Waals surface area (Å²) in [6.45, 7) is 0.144. The third-order valence-corrected chi connectivity index (χ3v) is 8.86. The molecule has 1 unspecified atom stereocenters. The molecule has 0 aromatic heterocycles. The molecule has 8 nitrogen and oxygen atoms in total. The van der Waals surface area contributed by atoms with E-state index in [-0.39, 0.29) is 19.0 Å². The summed E-state index contributed by atoms with van der Waals surface area (Å²) in [5.74, 6) is -1.36. The second-order valence-electron chi connectivity index (χ2n) is 10.4. The zero-order valence-electron chi connectivity index (χ0n) is 22.7. The van der Waals surface area contributed by atoms with Gasteiger partial charge < -0.3 is 16.8 Å². The van der Waals surface area contributed by atoms with Crippen molar-refractivity contribution in [3.8, 4) is 0 Å². The van der Waals surface area contributed by atoms with E-state index < -0.39 is 50.4 Å². The molecule has 4 rings (SSSR count). The number of carbonyl (C=O) groups is 2. The van der Waals surface area contributed by atoms with Gasteiger partial charge in [0.1, 0.15) is 0 Å². The quantitative estimate of drug-likeness (QED) is 0.263. The van der Waals surface area contributed by atoms with Crippen molar-refractivity contribution < 1.29 is 31.2 Å². The molecule has 3 aromatic carbocycles. The predicted molar refractivity (Wildman–Crippen MR) is 151 cm³/mol. The van der Waals surface area contributed by atoms with Crippen LogP contribution >= 0.6 is 0 Å². The zero-order valence-corrected chi connectivity index (χ0v) is 23.5. The SMILES string of the molecule is NCC(Cc1ccc2c(c1)CCC[C@H]2NC(=O)C[C@@H](NS(=O)(=O)c1cccc(C(F)(F)F)c1)c1ccccc1)C(N)=O. The molecule has 0 spiro atoms. The fraction of sp³-hybridized carbons (Fsp3) is 0.333. The van der Waals surface area contributed by atoms with Crippen molar-refractivity contribution in [1.29, 1.82) is 0 Å². The summed E-state index contributed by atoms with van der Waals surface area (Å²) < 4.78 is 68.4. The number of carbonyl (C=O) groups excluding carboxylic acids is 2. The lowest BCUT2D eigenvalue weighted by Crippen LogP contribution is -2.36. The molecule has 3 aromatic rings. The Morgan fingerprint density at radius 1 is 1.00 bits per heavy atom. The first-order valence-corrected chi connectivity index (χ1v) is 15.0. The minimum absolute atomic E-state index is 0.144. The fourth-order valence-electron chi connectivity index (χ4n) is 5.18. The maximum absolute atomic E-state index is 13.3. The summed E-state index contributed by atoms with van der Waals surface area (Å²) in [6, 6.07) is 16.3. The van der Waals surface area contributed by atoms with Gasteiger partial charge in [-0.15, -0.1) is 0 Å². The second kappa shape index (κ2) is 13.1. The fourth-order valence-corrected chi connectivity index (χ4v) is 6.45. The molecular weight excluding hydrogens is 569 g/mol. The molecule has 42 heavy (non-hydrogen) atoms. The average molecular weight is 603 g/mol. The Morgan fingerprint density at radius 2 is 1.74 bits per heavy atom. The normalized spacial score (nSPS) is 16.7. The maximum Gasteiger partial charge on any atom is 0.416 e. The lowest BCUT2D eigenvalue weighted by Gasteiger charge is -2.28. The molecule has 0 heterocycles. The topological polar surface area (TPSA) is 144 Å². The van der Waals surface area contributed by atoms with Crippen LogP contribution in [0, 0.1) is 5.92 Å². The van der Waals surface area contributed by atoms with Gasteiger partial charge in [-0.2, -0.15) is 13.2 Å². The number of halogens is 3.